The van der Waals surface area contributed by atoms with Gasteiger partial charge in [0.15, 0.2) is 5.96 Å². The number of guanidine groups is 1. The van der Waals surface area contributed by atoms with Crippen LogP contribution in [0.15, 0.2) is 64.5 Å². The van der Waals surface area contributed by atoms with Crippen LogP contribution in [0.3, 0.4) is 0 Å². The maximum absolute atomic E-state index is 14.2. The Bertz CT molecular complexity index is 2480. The standard InChI is InChI=1S/C44H53N9O9/c1-7-44(61-42(58)60-22-25-14-16-26(17-15-25)50-37(54)33(13-10-18-48-41(46)47)52-38(55)35(45)24(2)3)31-19-34-36-29(21-53(34)39(56)30(31)23-59-40(44)57)28(20-49-62-43(4,5)6)27-11-8-9-12-32(27)51-36/h8-9,11-12,14-17,19-20,24,33,35H,7,10,13,18,21-23,45H2,1-6H3,(H,50,54)(H,52,55)(H4,46,47,48)/b49-20+/t33-,35-,44-/m0/s1. The van der Waals surface area contributed by atoms with Crippen LogP contribution < -0.4 is 33.0 Å². The van der Waals surface area contributed by atoms with Crippen molar-refractivity contribution in [2.24, 2.45) is 22.5 Å². The summed E-state index contributed by atoms with van der Waals surface area (Å²) in [6.07, 6.45) is 1.06. The van der Waals surface area contributed by atoms with Crippen molar-refractivity contribution < 1.29 is 38.2 Å². The monoisotopic (exact) mass is 851 g/mol. The summed E-state index contributed by atoms with van der Waals surface area (Å²) in [4.78, 5) is 77.8. The first-order valence-corrected chi connectivity index (χ1v) is 20.4. The lowest BCUT2D eigenvalue weighted by molar-refractivity contribution is -0.175. The van der Waals surface area contributed by atoms with Crippen LogP contribution in [0.4, 0.5) is 10.5 Å². The van der Waals surface area contributed by atoms with Gasteiger partial charge in [-0.1, -0.05) is 56.3 Å². The molecule has 8 N–H and O–H groups in total. The average molecular weight is 852 g/mol. The number of carbonyl (C=O) groups is 4. The van der Waals surface area contributed by atoms with Crippen molar-refractivity contribution in [3.63, 3.8) is 0 Å². The van der Waals surface area contributed by atoms with Gasteiger partial charge in [0, 0.05) is 34.3 Å². The normalized spacial score (nSPS) is 16.4. The number of ether oxygens (including phenoxy) is 3. The zero-order valence-corrected chi connectivity index (χ0v) is 35.6. The van der Waals surface area contributed by atoms with E-state index in [4.69, 9.17) is 40.9 Å². The minimum atomic E-state index is -1.99. The predicted molar refractivity (Wildman–Crippen MR) is 231 cm³/mol. The summed E-state index contributed by atoms with van der Waals surface area (Å²) in [5, 5.41) is 20.6. The van der Waals surface area contributed by atoms with Gasteiger partial charge >= 0.3 is 12.1 Å². The Kier molecular flexibility index (Phi) is 13.3. The predicted octanol–water partition coefficient (Wildman–Crippen LogP) is 4.26. The highest BCUT2D eigenvalue weighted by atomic mass is 16.7. The van der Waals surface area contributed by atoms with Crippen molar-refractivity contribution in [1.29, 1.82) is 5.41 Å². The highest BCUT2D eigenvalue weighted by Gasteiger charge is 2.51. The molecule has 0 bridgehead atoms. The number of aromatic nitrogens is 2. The number of hydrogen-bond acceptors (Lipinski definition) is 13. The molecule has 62 heavy (non-hydrogen) atoms. The van der Waals surface area contributed by atoms with E-state index in [1.165, 1.54) is 0 Å². The van der Waals surface area contributed by atoms with Gasteiger partial charge in [-0.2, -0.15) is 0 Å². The topological polar surface area (TPSA) is 264 Å². The van der Waals surface area contributed by atoms with Gasteiger partial charge in [0.05, 0.1) is 41.3 Å². The first-order chi connectivity index (χ1) is 29.4. The number of oxime groups is 1. The van der Waals surface area contributed by atoms with Gasteiger partial charge < -0.3 is 51.0 Å². The summed E-state index contributed by atoms with van der Waals surface area (Å²) >= 11 is 0. The number of amides is 2. The van der Waals surface area contributed by atoms with Crippen molar-refractivity contribution in [3.05, 3.63) is 92.8 Å². The summed E-state index contributed by atoms with van der Waals surface area (Å²) in [5.74, 6) is -2.15. The summed E-state index contributed by atoms with van der Waals surface area (Å²) in [7, 11) is 0. The van der Waals surface area contributed by atoms with Gasteiger partial charge in [0.1, 0.15) is 24.9 Å². The molecule has 4 aromatic rings. The van der Waals surface area contributed by atoms with Gasteiger partial charge in [-0.05, 0) is 75.8 Å². The van der Waals surface area contributed by atoms with Crippen LogP contribution in [-0.4, -0.2) is 69.9 Å². The molecule has 0 spiro atoms. The minimum absolute atomic E-state index is 0.0661. The molecule has 0 saturated heterocycles. The Balaban J connectivity index is 1.18. The maximum atomic E-state index is 14.2. The molecule has 0 aliphatic carbocycles. The fourth-order valence-electron chi connectivity index (χ4n) is 7.20. The van der Waals surface area contributed by atoms with Crippen molar-refractivity contribution in [2.45, 2.75) is 104 Å². The minimum Gasteiger partial charge on any atom is -0.457 e. The molecule has 0 fully saturated rings. The maximum Gasteiger partial charge on any atom is 0.510 e. The van der Waals surface area contributed by atoms with E-state index in [0.717, 1.165) is 16.5 Å². The largest absolute Gasteiger partial charge is 0.510 e. The van der Waals surface area contributed by atoms with Crippen LogP contribution >= 0.6 is 0 Å². The van der Waals surface area contributed by atoms with E-state index in [9.17, 15) is 24.0 Å². The van der Waals surface area contributed by atoms with E-state index in [2.05, 4.69) is 21.1 Å². The number of rotatable bonds is 15. The molecule has 2 aliphatic rings. The summed E-state index contributed by atoms with van der Waals surface area (Å²) in [6.45, 7) is 10.8. The van der Waals surface area contributed by atoms with E-state index in [1.807, 2.05) is 45.0 Å². The molecule has 0 radical (unpaired) electrons. The number of cyclic esters (lactones) is 1. The molecule has 2 aromatic heterocycles. The van der Waals surface area contributed by atoms with Crippen LogP contribution in [-0.2, 0) is 58.8 Å². The molecule has 0 saturated carbocycles. The number of nitrogens with one attached hydrogen (secondary N) is 4. The molecular formula is C44H53N9O9. The fraction of sp³-hybridized carbons (Fsp3) is 0.409. The lowest BCUT2D eigenvalue weighted by Crippen LogP contribution is -2.51. The number of anilines is 1. The Morgan fingerprint density at radius 2 is 1.81 bits per heavy atom. The molecular weight excluding hydrogens is 799 g/mol. The molecule has 2 aromatic carbocycles. The Morgan fingerprint density at radius 3 is 2.48 bits per heavy atom. The van der Waals surface area contributed by atoms with Crippen molar-refractivity contribution >= 4 is 52.7 Å². The molecule has 18 heteroatoms. The number of carbonyl (C=O) groups excluding carboxylic acids is 4. The lowest BCUT2D eigenvalue weighted by atomic mass is 9.85. The lowest BCUT2D eigenvalue weighted by Gasteiger charge is -2.35. The molecule has 328 valence electrons. The van der Waals surface area contributed by atoms with Gasteiger partial charge in [-0.3, -0.25) is 19.8 Å². The number of hydrogen-bond donors (Lipinski definition) is 6. The molecule has 2 aliphatic heterocycles. The van der Waals surface area contributed by atoms with Crippen LogP contribution in [0, 0.1) is 11.3 Å². The molecule has 6 rings (SSSR count). The summed E-state index contributed by atoms with van der Waals surface area (Å²) < 4.78 is 18.3. The zero-order valence-electron chi connectivity index (χ0n) is 35.6. The van der Waals surface area contributed by atoms with Crippen LogP contribution in [0.1, 0.15) is 88.6 Å². The second-order valence-corrected chi connectivity index (χ2v) is 16.5. The van der Waals surface area contributed by atoms with E-state index < -0.39 is 52.8 Å². The van der Waals surface area contributed by atoms with Gasteiger partial charge in [0.2, 0.25) is 17.4 Å². The van der Waals surface area contributed by atoms with Crippen molar-refractivity contribution in [2.75, 3.05) is 11.9 Å². The zero-order chi connectivity index (χ0) is 44.9. The number of fused-ring (bicyclic) bond motifs is 5. The number of benzene rings is 2. The molecule has 3 atom stereocenters. The van der Waals surface area contributed by atoms with Gasteiger partial charge in [-0.25, -0.2) is 14.6 Å². The number of para-hydroxylation sites is 1. The quantitative estimate of drug-likeness (QED) is 0.0283. The van der Waals surface area contributed by atoms with E-state index in [-0.39, 0.29) is 55.6 Å². The molecule has 2 amide bonds. The van der Waals surface area contributed by atoms with Crippen LogP contribution in [0.2, 0.25) is 0 Å². The van der Waals surface area contributed by atoms with E-state index >= 15 is 0 Å². The van der Waals surface area contributed by atoms with Gasteiger partial charge in [0.25, 0.3) is 5.56 Å². The smallest absolute Gasteiger partial charge is 0.457 e. The van der Waals surface area contributed by atoms with Crippen molar-refractivity contribution in [3.8, 4) is 11.4 Å². The summed E-state index contributed by atoms with van der Waals surface area (Å²) in [5.41, 5.74) is 12.8. The molecule has 0 unspecified atom stereocenters. The van der Waals surface area contributed by atoms with Crippen LogP contribution in [0.25, 0.3) is 22.3 Å². The second-order valence-electron chi connectivity index (χ2n) is 16.5. The third kappa shape index (κ3) is 9.70. The number of nitrogens with zero attached hydrogens (tertiary/aromatic N) is 3. The fourth-order valence-corrected chi connectivity index (χ4v) is 7.20. The first-order valence-electron chi connectivity index (χ1n) is 20.4. The number of nitrogens with two attached hydrogens (primary N) is 2. The third-order valence-corrected chi connectivity index (χ3v) is 10.6. The average Bonchev–Trinajstić information content (AvgIpc) is 3.60. The number of pyridine rings is 2. The Morgan fingerprint density at radius 1 is 1.08 bits per heavy atom. The first kappa shape index (κ1) is 44.7. The molecule has 4 heterocycles. The third-order valence-electron chi connectivity index (χ3n) is 10.6. The molecule has 18 nitrogen and oxygen atoms in total. The highest BCUT2D eigenvalue weighted by molar-refractivity contribution is 6.02. The SMILES string of the molecule is CC[C@@]1(OC(=O)OCc2ccc(NC(=O)[C@H](CCCNC(=N)N)NC(=O)[C@@H](N)C(C)C)cc2)C(=O)OCc2c1cc1n(c2=O)Cc2c-1nc1ccccc1c2/C=N/OC(C)(C)C. The van der Waals surface area contributed by atoms with Crippen LogP contribution in [0.5, 0.6) is 0 Å². The van der Waals surface area contributed by atoms with Gasteiger partial charge in [-0.15, -0.1) is 0 Å². The van der Waals surface area contributed by atoms with E-state index in [0.29, 0.717) is 41.1 Å². The highest BCUT2D eigenvalue weighted by Crippen LogP contribution is 2.42. The second kappa shape index (κ2) is 18.4. The Labute approximate surface area is 358 Å². The Hall–Kier alpha value is -6.82. The summed E-state index contributed by atoms with van der Waals surface area (Å²) in [6, 6.07) is 13.9. The van der Waals surface area contributed by atoms with Crippen molar-refractivity contribution in [1.82, 2.24) is 20.2 Å². The van der Waals surface area contributed by atoms with E-state index in [1.54, 1.807) is 61.9 Å². The number of esters is 1.